The number of hydrogen-bond donors (Lipinski definition) is 2. The molecule has 0 fully saturated rings. The van der Waals surface area contributed by atoms with E-state index in [1.807, 2.05) is 0 Å². The molecule has 15 heteroatoms. The minimum atomic E-state index is -6.47. The predicted molar refractivity (Wildman–Crippen MR) is 127 cm³/mol. The zero-order valence-electron chi connectivity index (χ0n) is 20.0. The predicted octanol–water partition coefficient (Wildman–Crippen LogP) is 5.74. The van der Waals surface area contributed by atoms with Crippen molar-refractivity contribution in [2.75, 3.05) is 18.9 Å². The first kappa shape index (κ1) is 30.6. The Balaban J connectivity index is 1.64. The number of ether oxygens (including phenoxy) is 1. The van der Waals surface area contributed by atoms with Gasteiger partial charge in [0.05, 0.1) is 13.0 Å². The fraction of sp³-hybridized carbons (Fsp3) is 0.417. The van der Waals surface area contributed by atoms with E-state index in [0.717, 1.165) is 0 Å². The van der Waals surface area contributed by atoms with Crippen LogP contribution >= 0.6 is 11.8 Å². The monoisotopic (exact) mass is 585 g/mol. The average Bonchev–Trinajstić information content (AvgIpc) is 3.31. The molecule has 39 heavy (non-hydrogen) atoms. The Morgan fingerprint density at radius 2 is 1.67 bits per heavy atom. The second-order valence-electron chi connectivity index (χ2n) is 8.47. The van der Waals surface area contributed by atoms with Gasteiger partial charge in [-0.1, -0.05) is 0 Å². The zero-order chi connectivity index (χ0) is 29.1. The van der Waals surface area contributed by atoms with Gasteiger partial charge in [-0.15, -0.1) is 11.8 Å². The third-order valence-corrected chi connectivity index (χ3v) is 6.65. The number of pyridine rings is 1. The average molecular weight is 586 g/mol. The van der Waals surface area contributed by atoms with Gasteiger partial charge >= 0.3 is 29.7 Å². The summed E-state index contributed by atoms with van der Waals surface area (Å²) >= 11 is 0.626. The first-order valence-corrected chi connectivity index (χ1v) is 12.3. The number of hydrogen-bond acceptors (Lipinski definition) is 7. The van der Waals surface area contributed by atoms with Gasteiger partial charge in [-0.3, -0.25) is 9.78 Å². The number of furan rings is 1. The molecule has 3 aromatic rings. The molecular weight excluding hydrogens is 562 g/mol. The summed E-state index contributed by atoms with van der Waals surface area (Å²) < 4.78 is 123. The number of aromatic nitrogens is 1. The maximum absolute atomic E-state index is 14.3. The first-order valence-electron chi connectivity index (χ1n) is 11.3. The van der Waals surface area contributed by atoms with Gasteiger partial charge in [-0.25, -0.2) is 0 Å². The molecule has 1 atom stereocenters. The van der Waals surface area contributed by atoms with Crippen LogP contribution in [0.4, 0.5) is 35.1 Å². The summed E-state index contributed by atoms with van der Waals surface area (Å²) in [5.41, 5.74) is 11.2. The van der Waals surface area contributed by atoms with Crippen molar-refractivity contribution in [3.8, 4) is 11.3 Å². The van der Waals surface area contributed by atoms with Crippen molar-refractivity contribution in [1.82, 2.24) is 4.98 Å². The van der Waals surface area contributed by atoms with Gasteiger partial charge in [0.1, 0.15) is 17.4 Å². The Morgan fingerprint density at radius 1 is 1.00 bits per heavy atom. The van der Waals surface area contributed by atoms with Crippen molar-refractivity contribution in [2.45, 2.75) is 47.5 Å². The van der Waals surface area contributed by atoms with Crippen molar-refractivity contribution in [3.05, 3.63) is 48.8 Å². The smallest absolute Gasteiger partial charge is 0.378 e. The summed E-state index contributed by atoms with van der Waals surface area (Å²) in [6.45, 7) is -1.93. The number of fused-ring (bicyclic) bond motifs is 1. The van der Waals surface area contributed by atoms with Crippen molar-refractivity contribution in [1.29, 1.82) is 0 Å². The molecule has 0 aliphatic rings. The molecule has 3 rings (SSSR count). The lowest BCUT2D eigenvalue weighted by Crippen LogP contribution is -2.62. The number of esters is 1. The van der Waals surface area contributed by atoms with E-state index in [4.69, 9.17) is 15.9 Å². The highest BCUT2D eigenvalue weighted by atomic mass is 32.2. The highest BCUT2D eigenvalue weighted by Gasteiger charge is 2.79. The van der Waals surface area contributed by atoms with Crippen LogP contribution < -0.4 is 11.5 Å². The van der Waals surface area contributed by atoms with Crippen LogP contribution in [0.2, 0.25) is 0 Å². The molecule has 214 valence electrons. The van der Waals surface area contributed by atoms with Crippen LogP contribution in [-0.2, 0) is 9.53 Å². The first-order chi connectivity index (χ1) is 18.1. The SMILES string of the molecule is NCC(N)C(=O)OCCC(F)(F)C(F)(F)C(F)(F)C(F)(F)CCSc1ccc2cc(-c3cccnc3)oc2c1. The van der Waals surface area contributed by atoms with Gasteiger partial charge in [-0.2, -0.15) is 35.1 Å². The van der Waals surface area contributed by atoms with Crippen molar-refractivity contribution < 1.29 is 49.1 Å². The van der Waals surface area contributed by atoms with E-state index >= 15 is 0 Å². The van der Waals surface area contributed by atoms with E-state index in [9.17, 15) is 39.9 Å². The lowest BCUT2D eigenvalue weighted by atomic mass is 9.95. The number of rotatable bonds is 13. The summed E-state index contributed by atoms with van der Waals surface area (Å²) in [6, 6.07) is 8.17. The largest absolute Gasteiger partial charge is 0.464 e. The number of carbonyl (C=O) groups excluding carboxylic acids is 1. The van der Waals surface area contributed by atoms with Gasteiger partial charge in [0.25, 0.3) is 0 Å². The molecule has 1 unspecified atom stereocenters. The minimum Gasteiger partial charge on any atom is -0.464 e. The van der Waals surface area contributed by atoms with Gasteiger partial charge in [0.15, 0.2) is 0 Å². The number of benzene rings is 1. The molecule has 4 N–H and O–H groups in total. The molecule has 0 saturated heterocycles. The standard InChI is InChI=1S/C24H23F8N3O3S/c25-21(26,5-8-37-20(36)17(34)12-33)23(29,30)24(31,32)22(27,28)6-9-39-16-4-3-14-10-18(38-19(14)11-16)15-2-1-7-35-13-15/h1-4,7,10-11,13,17H,5-6,8-9,12,33-34H2. The molecule has 2 heterocycles. The number of thioether (sulfide) groups is 1. The van der Waals surface area contributed by atoms with Crippen molar-refractivity contribution >= 4 is 28.7 Å². The van der Waals surface area contributed by atoms with Gasteiger partial charge in [0, 0.05) is 47.0 Å². The Bertz CT molecular complexity index is 1270. The third-order valence-electron chi connectivity index (χ3n) is 5.65. The lowest BCUT2D eigenvalue weighted by Gasteiger charge is -2.36. The zero-order valence-corrected chi connectivity index (χ0v) is 20.8. The van der Waals surface area contributed by atoms with Gasteiger partial charge in [-0.05, 0) is 36.4 Å². The molecule has 0 spiro atoms. The number of halogens is 8. The highest BCUT2D eigenvalue weighted by Crippen LogP contribution is 2.54. The summed E-state index contributed by atoms with van der Waals surface area (Å²) in [5.74, 6) is -25.7. The number of carbonyl (C=O) groups is 1. The molecule has 2 aromatic heterocycles. The van der Waals surface area contributed by atoms with Gasteiger partial charge in [0.2, 0.25) is 0 Å². The second kappa shape index (κ2) is 11.7. The molecule has 0 amide bonds. The topological polar surface area (TPSA) is 104 Å². The second-order valence-corrected chi connectivity index (χ2v) is 9.64. The fourth-order valence-electron chi connectivity index (χ4n) is 3.31. The Hall–Kier alpha value is -2.91. The van der Waals surface area contributed by atoms with E-state index in [0.29, 0.717) is 39.0 Å². The molecule has 6 nitrogen and oxygen atoms in total. The quantitative estimate of drug-likeness (QED) is 0.150. The molecule has 0 aliphatic heterocycles. The molecule has 0 saturated carbocycles. The maximum Gasteiger partial charge on any atom is 0.378 e. The molecule has 0 radical (unpaired) electrons. The fourth-order valence-corrected chi connectivity index (χ4v) is 4.25. The van der Waals surface area contributed by atoms with E-state index in [2.05, 4.69) is 9.72 Å². The summed E-state index contributed by atoms with van der Waals surface area (Å²) in [4.78, 5) is 15.6. The maximum atomic E-state index is 14.3. The van der Waals surface area contributed by atoms with Crippen LogP contribution in [0, 0.1) is 0 Å². The summed E-state index contributed by atoms with van der Waals surface area (Å²) in [7, 11) is 0. The summed E-state index contributed by atoms with van der Waals surface area (Å²) in [6.07, 6.45) is -0.866. The van der Waals surface area contributed by atoms with E-state index in [1.165, 1.54) is 12.1 Å². The Morgan fingerprint density at radius 3 is 2.28 bits per heavy atom. The van der Waals surface area contributed by atoms with Crippen molar-refractivity contribution in [2.24, 2.45) is 11.5 Å². The van der Waals surface area contributed by atoms with E-state index in [-0.39, 0.29) is 0 Å². The minimum absolute atomic E-state index is 0.295. The third kappa shape index (κ3) is 6.47. The van der Waals surface area contributed by atoms with Crippen LogP contribution in [0.25, 0.3) is 22.3 Å². The van der Waals surface area contributed by atoms with E-state index < -0.39 is 67.4 Å². The number of nitrogens with two attached hydrogens (primary N) is 2. The van der Waals surface area contributed by atoms with Crippen LogP contribution in [0.3, 0.4) is 0 Å². The van der Waals surface area contributed by atoms with Crippen molar-refractivity contribution in [3.63, 3.8) is 0 Å². The van der Waals surface area contributed by atoms with Gasteiger partial charge < -0.3 is 20.6 Å². The van der Waals surface area contributed by atoms with Crippen LogP contribution in [0.1, 0.15) is 12.8 Å². The molecule has 0 bridgehead atoms. The Labute approximate surface area is 221 Å². The Kier molecular flexibility index (Phi) is 9.17. The normalized spacial score (nSPS) is 14.0. The highest BCUT2D eigenvalue weighted by molar-refractivity contribution is 7.99. The van der Waals surface area contributed by atoms with Crippen LogP contribution in [-0.4, -0.2) is 59.6 Å². The summed E-state index contributed by atoms with van der Waals surface area (Å²) in [5, 5.41) is 0.646. The number of alkyl halides is 8. The van der Waals surface area contributed by atoms with Crippen LogP contribution in [0.15, 0.2) is 58.1 Å². The lowest BCUT2D eigenvalue weighted by molar-refractivity contribution is -0.367. The number of nitrogens with zero attached hydrogens (tertiary/aromatic N) is 1. The van der Waals surface area contributed by atoms with E-state index in [1.54, 1.807) is 36.7 Å². The van der Waals surface area contributed by atoms with Crippen LogP contribution in [0.5, 0.6) is 0 Å². The molecular formula is C24H23F8N3O3S. The molecule has 1 aromatic carbocycles. The molecule has 0 aliphatic carbocycles.